The van der Waals surface area contributed by atoms with Crippen LogP contribution in [0.1, 0.15) is 49.1 Å². The molecule has 2 fully saturated rings. The smallest absolute Gasteiger partial charge is 0.262 e. The van der Waals surface area contributed by atoms with E-state index in [4.69, 9.17) is 0 Å². The predicted octanol–water partition coefficient (Wildman–Crippen LogP) is 3.31. The van der Waals surface area contributed by atoms with Crippen LogP contribution in [-0.4, -0.2) is 59.3 Å². The van der Waals surface area contributed by atoms with Crippen molar-refractivity contribution >= 4 is 15.9 Å². The van der Waals surface area contributed by atoms with Crippen LogP contribution in [0.3, 0.4) is 0 Å². The van der Waals surface area contributed by atoms with Gasteiger partial charge in [0.15, 0.2) is 5.03 Å². The van der Waals surface area contributed by atoms with Gasteiger partial charge in [-0.3, -0.25) is 4.79 Å². The van der Waals surface area contributed by atoms with Crippen molar-refractivity contribution in [3.05, 3.63) is 47.4 Å². The second-order valence-electron chi connectivity index (χ2n) is 9.71. The molecule has 0 radical (unpaired) electrons. The number of likely N-dealkylation sites (tertiary alicyclic amines) is 1. The first-order valence-corrected chi connectivity index (χ1v) is 13.5. The Morgan fingerprint density at radius 3 is 2.21 bits per heavy atom. The SMILES string of the molecule is Cc1ccc(CCC2CCN(C(=O)C3CCN(S(=O)(=O)c4cn(C)c(C)n4)CC3)CC2)cc1. The number of imidazole rings is 1. The molecule has 1 aromatic heterocycles. The highest BCUT2D eigenvalue weighted by molar-refractivity contribution is 7.89. The number of hydrogen-bond donors (Lipinski definition) is 0. The van der Waals surface area contributed by atoms with Gasteiger partial charge in [0.2, 0.25) is 5.91 Å². The normalized spacial score (nSPS) is 19.2. The molecular formula is C25H36N4O3S. The van der Waals surface area contributed by atoms with Gasteiger partial charge in [-0.05, 0) is 63.9 Å². The molecule has 7 nitrogen and oxygen atoms in total. The zero-order valence-electron chi connectivity index (χ0n) is 20.0. The van der Waals surface area contributed by atoms with Crippen LogP contribution >= 0.6 is 0 Å². The molecule has 3 heterocycles. The lowest BCUT2D eigenvalue weighted by molar-refractivity contribution is -0.138. The summed E-state index contributed by atoms with van der Waals surface area (Å²) in [6, 6.07) is 8.78. The van der Waals surface area contributed by atoms with Crippen molar-refractivity contribution in [3.8, 4) is 0 Å². The first-order chi connectivity index (χ1) is 15.7. The second-order valence-corrected chi connectivity index (χ2v) is 11.6. The van der Waals surface area contributed by atoms with Crippen molar-refractivity contribution < 1.29 is 13.2 Å². The average molecular weight is 473 g/mol. The van der Waals surface area contributed by atoms with E-state index in [9.17, 15) is 13.2 Å². The molecule has 4 rings (SSSR count). The summed E-state index contributed by atoms with van der Waals surface area (Å²) in [5, 5.41) is 0.0972. The minimum absolute atomic E-state index is 0.0778. The quantitative estimate of drug-likeness (QED) is 0.646. The average Bonchev–Trinajstić information content (AvgIpc) is 3.17. The summed E-state index contributed by atoms with van der Waals surface area (Å²) in [4.78, 5) is 19.3. The lowest BCUT2D eigenvalue weighted by atomic mass is 9.89. The Morgan fingerprint density at radius 2 is 1.64 bits per heavy atom. The van der Waals surface area contributed by atoms with Crippen LogP contribution in [0.5, 0.6) is 0 Å². The van der Waals surface area contributed by atoms with Crippen LogP contribution in [-0.2, 0) is 28.3 Å². The Labute approximate surface area is 197 Å². The zero-order chi connectivity index (χ0) is 23.6. The number of carbonyl (C=O) groups is 1. The fraction of sp³-hybridized carbons (Fsp3) is 0.600. The number of piperidine rings is 2. The Kier molecular flexibility index (Phi) is 7.24. The lowest BCUT2D eigenvalue weighted by Crippen LogP contribution is -2.46. The van der Waals surface area contributed by atoms with E-state index >= 15 is 0 Å². The summed E-state index contributed by atoms with van der Waals surface area (Å²) >= 11 is 0. The van der Waals surface area contributed by atoms with Crippen LogP contribution in [0, 0.1) is 25.7 Å². The van der Waals surface area contributed by atoms with Crippen molar-refractivity contribution in [2.24, 2.45) is 18.9 Å². The number of carbonyl (C=O) groups excluding carboxylic acids is 1. The highest BCUT2D eigenvalue weighted by Crippen LogP contribution is 2.28. The lowest BCUT2D eigenvalue weighted by Gasteiger charge is -2.37. The van der Waals surface area contributed by atoms with Crippen LogP contribution in [0.25, 0.3) is 0 Å². The number of benzene rings is 1. The molecule has 0 saturated carbocycles. The largest absolute Gasteiger partial charge is 0.342 e. The van der Waals surface area contributed by atoms with Crippen LogP contribution in [0.4, 0.5) is 0 Å². The molecule has 1 amide bonds. The number of sulfonamides is 1. The molecule has 33 heavy (non-hydrogen) atoms. The molecule has 180 valence electrons. The minimum atomic E-state index is -3.60. The van der Waals surface area contributed by atoms with Gasteiger partial charge in [0.25, 0.3) is 10.0 Å². The summed E-state index contributed by atoms with van der Waals surface area (Å²) < 4.78 is 29.0. The molecule has 8 heteroatoms. The maximum absolute atomic E-state index is 13.1. The molecular weight excluding hydrogens is 436 g/mol. The topological polar surface area (TPSA) is 75.5 Å². The molecule has 2 aromatic rings. The molecule has 2 aliphatic heterocycles. The summed E-state index contributed by atoms with van der Waals surface area (Å²) in [7, 11) is -1.81. The summed E-state index contributed by atoms with van der Waals surface area (Å²) in [6.07, 6.45) is 7.11. The molecule has 0 atom stereocenters. The van der Waals surface area contributed by atoms with Crippen LogP contribution in [0.15, 0.2) is 35.5 Å². The van der Waals surface area contributed by atoms with Gasteiger partial charge < -0.3 is 9.47 Å². The van der Waals surface area contributed by atoms with Crippen LogP contribution in [0.2, 0.25) is 0 Å². The fourth-order valence-electron chi connectivity index (χ4n) is 4.95. The third kappa shape index (κ3) is 5.49. The van der Waals surface area contributed by atoms with Gasteiger partial charge in [0, 0.05) is 45.3 Å². The first kappa shape index (κ1) is 24.0. The highest BCUT2D eigenvalue weighted by Gasteiger charge is 2.35. The van der Waals surface area contributed by atoms with E-state index in [1.165, 1.54) is 21.9 Å². The number of rotatable bonds is 6. The van der Waals surface area contributed by atoms with Gasteiger partial charge >= 0.3 is 0 Å². The first-order valence-electron chi connectivity index (χ1n) is 12.1. The van der Waals surface area contributed by atoms with Crippen molar-refractivity contribution in [3.63, 3.8) is 0 Å². The monoisotopic (exact) mass is 472 g/mol. The van der Waals surface area contributed by atoms with Crippen LogP contribution < -0.4 is 0 Å². The van der Waals surface area contributed by atoms with Gasteiger partial charge in [0.05, 0.1) is 0 Å². The maximum Gasteiger partial charge on any atom is 0.262 e. The molecule has 0 spiro atoms. The van der Waals surface area contributed by atoms with Crippen molar-refractivity contribution in [2.45, 2.75) is 57.4 Å². The fourth-order valence-corrected chi connectivity index (χ4v) is 6.45. The maximum atomic E-state index is 13.1. The molecule has 2 saturated heterocycles. The highest BCUT2D eigenvalue weighted by atomic mass is 32.2. The van der Waals surface area contributed by atoms with E-state index in [0.29, 0.717) is 37.7 Å². The van der Waals surface area contributed by atoms with E-state index in [0.717, 1.165) is 32.4 Å². The van der Waals surface area contributed by atoms with E-state index in [1.807, 2.05) is 4.90 Å². The third-order valence-electron chi connectivity index (χ3n) is 7.38. The Morgan fingerprint density at radius 1 is 1.00 bits per heavy atom. The van der Waals surface area contributed by atoms with Crippen molar-refractivity contribution in [1.29, 1.82) is 0 Å². The van der Waals surface area contributed by atoms with Gasteiger partial charge in [-0.25, -0.2) is 13.4 Å². The number of aryl methyl sites for hydroxylation is 4. The molecule has 0 bridgehead atoms. The van der Waals surface area contributed by atoms with Gasteiger partial charge in [-0.2, -0.15) is 4.31 Å². The number of nitrogens with zero attached hydrogens (tertiary/aromatic N) is 4. The van der Waals surface area contributed by atoms with Crippen molar-refractivity contribution in [1.82, 2.24) is 18.8 Å². The third-order valence-corrected chi connectivity index (χ3v) is 9.15. The Bertz CT molecular complexity index is 1040. The molecule has 1 aromatic carbocycles. The van der Waals surface area contributed by atoms with E-state index in [1.54, 1.807) is 24.7 Å². The summed E-state index contributed by atoms with van der Waals surface area (Å²) in [5.41, 5.74) is 2.68. The zero-order valence-corrected chi connectivity index (χ0v) is 20.9. The summed E-state index contributed by atoms with van der Waals surface area (Å²) in [5.74, 6) is 1.47. The Hall–Kier alpha value is -2.19. The molecule has 0 aliphatic carbocycles. The minimum Gasteiger partial charge on any atom is -0.342 e. The summed E-state index contributed by atoms with van der Waals surface area (Å²) in [6.45, 7) is 6.30. The van der Waals surface area contributed by atoms with E-state index in [-0.39, 0.29) is 16.9 Å². The van der Waals surface area contributed by atoms with Gasteiger partial charge in [0.1, 0.15) is 5.82 Å². The number of aromatic nitrogens is 2. The molecule has 0 N–H and O–H groups in total. The number of amides is 1. The van der Waals surface area contributed by atoms with E-state index in [2.05, 4.69) is 36.2 Å². The molecule has 0 unspecified atom stereocenters. The second kappa shape index (κ2) is 9.97. The standard InChI is InChI=1S/C25H36N4O3S/c1-19-4-6-21(7-5-19)8-9-22-10-14-28(15-11-22)25(30)23-12-16-29(17-13-23)33(31,32)24-18-27(3)20(2)26-24/h4-7,18,22-23H,8-17H2,1-3H3. The van der Waals surface area contributed by atoms with Crippen molar-refractivity contribution in [2.75, 3.05) is 26.2 Å². The Balaban J connectivity index is 1.23. The predicted molar refractivity (Wildman–Crippen MR) is 128 cm³/mol. The van der Waals surface area contributed by atoms with E-state index < -0.39 is 10.0 Å². The molecule has 2 aliphatic rings. The number of hydrogen-bond acceptors (Lipinski definition) is 4. The van der Waals surface area contributed by atoms with Gasteiger partial charge in [-0.15, -0.1) is 0 Å². The van der Waals surface area contributed by atoms with Gasteiger partial charge in [-0.1, -0.05) is 29.8 Å².